The number of fused-ring (bicyclic) bond motifs is 3. The number of nitrogens with one attached hydrogen (secondary N) is 1. The molecule has 0 aromatic heterocycles. The summed E-state index contributed by atoms with van der Waals surface area (Å²) in [6.45, 7) is 9.17. The van der Waals surface area contributed by atoms with E-state index in [2.05, 4.69) is 34.9 Å². The van der Waals surface area contributed by atoms with Crippen molar-refractivity contribution in [2.24, 2.45) is 11.8 Å². The summed E-state index contributed by atoms with van der Waals surface area (Å²) in [6, 6.07) is 11.3. The predicted octanol–water partition coefficient (Wildman–Crippen LogP) is 5.41. The molecule has 2 aromatic rings. The van der Waals surface area contributed by atoms with Crippen molar-refractivity contribution in [2.75, 3.05) is 30.3 Å². The summed E-state index contributed by atoms with van der Waals surface area (Å²) in [5.74, 6) is 0.613. The van der Waals surface area contributed by atoms with Gasteiger partial charge in [-0.25, -0.2) is 13.1 Å². The summed E-state index contributed by atoms with van der Waals surface area (Å²) in [4.78, 5) is 15.3. The summed E-state index contributed by atoms with van der Waals surface area (Å²) in [5.41, 5.74) is 3.33. The van der Waals surface area contributed by atoms with Crippen molar-refractivity contribution in [3.8, 4) is 5.75 Å². The molecule has 3 aliphatic rings. The molecule has 41 heavy (non-hydrogen) atoms. The van der Waals surface area contributed by atoms with E-state index < -0.39 is 22.0 Å². The Labute approximate surface area is 248 Å². The van der Waals surface area contributed by atoms with Crippen molar-refractivity contribution in [2.45, 2.75) is 56.5 Å². The van der Waals surface area contributed by atoms with Gasteiger partial charge in [0.25, 0.3) is 5.91 Å². The number of carbonyl (C=O) groups is 1. The highest BCUT2D eigenvalue weighted by Crippen LogP contribution is 2.46. The Morgan fingerprint density at radius 1 is 1.22 bits per heavy atom. The number of aliphatic hydroxyl groups excluding tert-OH is 1. The third-order valence-corrected chi connectivity index (χ3v) is 10.4. The molecule has 2 aliphatic carbocycles. The van der Waals surface area contributed by atoms with Gasteiger partial charge in [-0.05, 0) is 98.2 Å². The van der Waals surface area contributed by atoms with Crippen molar-refractivity contribution in [1.82, 2.24) is 4.72 Å². The normalized spacial score (nSPS) is 24.2. The van der Waals surface area contributed by atoms with Crippen LogP contribution in [0.1, 0.15) is 60.0 Å². The van der Waals surface area contributed by atoms with Gasteiger partial charge < -0.3 is 14.7 Å². The number of aliphatic hydroxyl groups is 1. The molecular weight excluding hydrogens is 560 g/mol. The zero-order valence-corrected chi connectivity index (χ0v) is 24.9. The minimum absolute atomic E-state index is 0.245. The minimum Gasteiger partial charge on any atom is -0.490 e. The van der Waals surface area contributed by atoms with Crippen LogP contribution in [0.15, 0.2) is 61.7 Å². The van der Waals surface area contributed by atoms with Crippen LogP contribution < -0.4 is 14.4 Å². The maximum absolute atomic E-state index is 13.0. The molecule has 1 amide bonds. The Bertz CT molecular complexity index is 1430. The molecule has 1 heterocycles. The largest absolute Gasteiger partial charge is 0.490 e. The van der Waals surface area contributed by atoms with Crippen LogP contribution in [0, 0.1) is 11.8 Å². The first-order chi connectivity index (χ1) is 19.6. The molecule has 1 saturated carbocycles. The fraction of sp³-hybridized carbons (Fsp3) is 0.469. The summed E-state index contributed by atoms with van der Waals surface area (Å²) in [7, 11) is -3.82. The Kier molecular flexibility index (Phi) is 8.83. The van der Waals surface area contributed by atoms with Crippen LogP contribution in [0.3, 0.4) is 0 Å². The zero-order chi connectivity index (χ0) is 29.2. The van der Waals surface area contributed by atoms with E-state index in [-0.39, 0.29) is 16.7 Å². The van der Waals surface area contributed by atoms with Gasteiger partial charge in [-0.2, -0.15) is 0 Å². The van der Waals surface area contributed by atoms with Crippen molar-refractivity contribution in [3.05, 3.63) is 83.4 Å². The number of hydrogen-bond acceptors (Lipinski definition) is 6. The van der Waals surface area contributed by atoms with E-state index in [0.29, 0.717) is 37.2 Å². The second kappa shape index (κ2) is 12.2. The number of ether oxygens (including phenoxy) is 1. The number of rotatable bonds is 10. The molecule has 0 radical (unpaired) electrons. The fourth-order valence-electron chi connectivity index (χ4n) is 6.70. The second-order valence-electron chi connectivity index (χ2n) is 11.8. The van der Waals surface area contributed by atoms with Crippen LogP contribution in [0.2, 0.25) is 5.02 Å². The molecule has 220 valence electrons. The lowest BCUT2D eigenvalue weighted by Crippen LogP contribution is -2.48. The number of nitrogens with zero attached hydrogens (tertiary/aromatic N) is 1. The number of hydrogen-bond donors (Lipinski definition) is 2. The van der Waals surface area contributed by atoms with E-state index in [4.69, 9.17) is 16.3 Å². The number of halogens is 1. The van der Waals surface area contributed by atoms with Crippen LogP contribution in [0.4, 0.5) is 5.69 Å². The average Bonchev–Trinajstić information content (AvgIpc) is 3.07. The molecular formula is C32H39ClN2O5S. The van der Waals surface area contributed by atoms with Gasteiger partial charge in [0, 0.05) is 29.1 Å². The van der Waals surface area contributed by atoms with Crippen molar-refractivity contribution < 1.29 is 23.1 Å². The zero-order valence-electron chi connectivity index (χ0n) is 23.4. The molecule has 1 fully saturated rings. The first-order valence-electron chi connectivity index (χ1n) is 14.4. The van der Waals surface area contributed by atoms with Crippen LogP contribution >= 0.6 is 11.6 Å². The Morgan fingerprint density at radius 2 is 2.02 bits per heavy atom. The standard InChI is InChI=1S/C32H39ClN2O5S/c1-3-16-41(38,39)34-31(37)24-10-14-30-29(18-24)35(19-25-8-7-22(25)9-12-27(36)4-2)20-32(21-40-30)15-5-6-23-17-26(33)11-13-28(23)32/h3-4,10-11,13-14,17-18,22,25,27,36H,1-2,5-9,12,15-16,19-21H2,(H,34,37)/t22-,25-,27+,32-/m0/s1. The number of amides is 1. The van der Waals surface area contributed by atoms with Gasteiger partial charge in [0.05, 0.1) is 24.2 Å². The van der Waals surface area contributed by atoms with E-state index >= 15 is 0 Å². The van der Waals surface area contributed by atoms with Crippen molar-refractivity contribution in [1.29, 1.82) is 0 Å². The average molecular weight is 599 g/mol. The molecule has 4 atom stereocenters. The molecule has 0 saturated heterocycles. The number of aryl methyl sites for hydroxylation is 1. The quantitative estimate of drug-likeness (QED) is 0.355. The molecule has 1 spiro atoms. The van der Waals surface area contributed by atoms with E-state index in [1.54, 1.807) is 24.3 Å². The van der Waals surface area contributed by atoms with Crippen LogP contribution in [0.25, 0.3) is 0 Å². The highest BCUT2D eigenvalue weighted by atomic mass is 35.5. The third kappa shape index (κ3) is 6.50. The molecule has 7 nitrogen and oxygen atoms in total. The number of anilines is 1. The molecule has 0 bridgehead atoms. The van der Waals surface area contributed by atoms with Gasteiger partial charge in [0.15, 0.2) is 0 Å². The lowest BCUT2D eigenvalue weighted by atomic mass is 9.68. The summed E-state index contributed by atoms with van der Waals surface area (Å²) >= 11 is 6.37. The molecule has 2 aromatic carbocycles. The third-order valence-electron chi connectivity index (χ3n) is 9.02. The number of sulfonamides is 1. The first kappa shape index (κ1) is 29.7. The van der Waals surface area contributed by atoms with Crippen molar-refractivity contribution in [3.63, 3.8) is 0 Å². The fourth-order valence-corrected chi connectivity index (χ4v) is 7.69. The second-order valence-corrected chi connectivity index (χ2v) is 14.0. The first-order valence-corrected chi connectivity index (χ1v) is 16.4. The Hall–Kier alpha value is -2.81. The minimum atomic E-state index is -3.82. The summed E-state index contributed by atoms with van der Waals surface area (Å²) in [5, 5.41) is 10.8. The van der Waals surface area contributed by atoms with Gasteiger partial charge in [-0.3, -0.25) is 4.79 Å². The molecule has 1 aliphatic heterocycles. The lowest BCUT2D eigenvalue weighted by molar-refractivity contribution is 0.0981. The van der Waals surface area contributed by atoms with E-state index in [1.165, 1.54) is 17.2 Å². The summed E-state index contributed by atoms with van der Waals surface area (Å²) < 4.78 is 33.2. The topological polar surface area (TPSA) is 95.9 Å². The highest BCUT2D eigenvalue weighted by molar-refractivity contribution is 7.90. The van der Waals surface area contributed by atoms with E-state index in [1.807, 2.05) is 6.07 Å². The monoisotopic (exact) mass is 598 g/mol. The van der Waals surface area contributed by atoms with Gasteiger partial charge in [-0.15, -0.1) is 13.2 Å². The number of benzene rings is 2. The van der Waals surface area contributed by atoms with Gasteiger partial charge in [0.1, 0.15) is 5.75 Å². The van der Waals surface area contributed by atoms with Crippen LogP contribution in [-0.4, -0.2) is 51.0 Å². The molecule has 2 N–H and O–H groups in total. The Morgan fingerprint density at radius 3 is 2.76 bits per heavy atom. The maximum atomic E-state index is 13.0. The SMILES string of the molecule is C=CCS(=O)(=O)NC(=O)c1ccc2c(c1)N(C[C@@H]1CC[C@H]1CC[C@H](O)C=C)C[C@@]1(CCCc3cc(Cl)ccc31)CO2. The number of carbonyl (C=O) groups excluding carboxylic acids is 1. The lowest BCUT2D eigenvalue weighted by Gasteiger charge is -2.44. The summed E-state index contributed by atoms with van der Waals surface area (Å²) in [6.07, 6.45) is 9.19. The van der Waals surface area contributed by atoms with E-state index in [0.717, 1.165) is 55.8 Å². The van der Waals surface area contributed by atoms with Gasteiger partial charge in [-0.1, -0.05) is 29.8 Å². The molecule has 5 rings (SSSR count). The maximum Gasteiger partial charge on any atom is 0.264 e. The smallest absolute Gasteiger partial charge is 0.264 e. The van der Waals surface area contributed by atoms with Gasteiger partial charge in [0.2, 0.25) is 10.0 Å². The highest BCUT2D eigenvalue weighted by Gasteiger charge is 2.43. The van der Waals surface area contributed by atoms with Crippen LogP contribution in [-0.2, 0) is 21.9 Å². The van der Waals surface area contributed by atoms with E-state index in [9.17, 15) is 18.3 Å². The van der Waals surface area contributed by atoms with Crippen LogP contribution in [0.5, 0.6) is 5.75 Å². The van der Waals surface area contributed by atoms with Crippen molar-refractivity contribution >= 4 is 33.2 Å². The predicted molar refractivity (Wildman–Crippen MR) is 163 cm³/mol. The Balaban J connectivity index is 1.48. The molecule has 0 unspecified atom stereocenters. The molecule has 9 heteroatoms. The van der Waals surface area contributed by atoms with Gasteiger partial charge >= 0.3 is 0 Å².